The molecule has 0 spiro atoms. The van der Waals surface area contributed by atoms with Gasteiger partial charge >= 0.3 is 26.2 Å². The summed E-state index contributed by atoms with van der Waals surface area (Å²) in [6, 6.07) is 11.1. The molecule has 0 bridgehead atoms. The summed E-state index contributed by atoms with van der Waals surface area (Å²) in [6.07, 6.45) is 8.79. The van der Waals surface area contributed by atoms with Crippen molar-refractivity contribution < 1.29 is 51.0 Å². The molecule has 0 nitrogen and oxygen atoms in total. The zero-order valence-corrected chi connectivity index (χ0v) is 21.7. The van der Waals surface area contributed by atoms with E-state index in [0.29, 0.717) is 0 Å². The number of hydrogen-bond acceptors (Lipinski definition) is 0. The molecule has 4 rings (SSSR count). The third-order valence-electron chi connectivity index (χ3n) is 5.19. The molecule has 134 valence electrons. The van der Waals surface area contributed by atoms with Crippen LogP contribution in [0.4, 0.5) is 0 Å². The largest absolute Gasteiger partial charge is 2.00 e. The van der Waals surface area contributed by atoms with Gasteiger partial charge in [-0.1, -0.05) is 81.6 Å². The molecule has 0 saturated carbocycles. The summed E-state index contributed by atoms with van der Waals surface area (Å²) in [5, 5.41) is 0. The fourth-order valence-corrected chi connectivity index (χ4v) is 5.24. The maximum absolute atomic E-state index is 3.84. The fraction of sp³-hybridized carbons (Fsp3) is 0.238. The van der Waals surface area contributed by atoms with Gasteiger partial charge in [-0.05, 0) is 58.9 Å². The molecule has 0 saturated heterocycles. The molecule has 0 N–H and O–H groups in total. The summed E-state index contributed by atoms with van der Waals surface area (Å²) in [5.74, 6) is 0. The van der Waals surface area contributed by atoms with Crippen molar-refractivity contribution in [3.05, 3.63) is 79.8 Å². The Balaban J connectivity index is 0.00000113. The van der Waals surface area contributed by atoms with E-state index in [0.717, 1.165) is 17.3 Å². The van der Waals surface area contributed by atoms with Crippen LogP contribution in [0.25, 0.3) is 11.1 Å². The molecule has 5 heteroatoms. The van der Waals surface area contributed by atoms with Crippen LogP contribution in [-0.2, 0) is 38.0 Å². The Hall–Kier alpha value is 0.343. The molecule has 0 aromatic heterocycles. The van der Waals surface area contributed by atoms with Gasteiger partial charge in [-0.15, -0.1) is 0 Å². The summed E-state index contributed by atoms with van der Waals surface area (Å²) in [6.45, 7) is 4.70. The van der Waals surface area contributed by atoms with Gasteiger partial charge in [-0.3, -0.25) is 0 Å². The fourth-order valence-electron chi connectivity index (χ4n) is 3.96. The number of fused-ring (bicyclic) bond motifs is 3. The minimum atomic E-state index is 0. The molecule has 26 heavy (non-hydrogen) atoms. The molecule has 0 aliphatic heterocycles. The normalized spacial score (nSPS) is 13.8. The van der Waals surface area contributed by atoms with E-state index in [9.17, 15) is 0 Å². The van der Waals surface area contributed by atoms with Gasteiger partial charge in [0, 0.05) is 14.4 Å². The first-order chi connectivity index (χ1) is 11.0. The molecule has 0 amide bonds. The zero-order chi connectivity index (χ0) is 16.2. The average Bonchev–Trinajstić information content (AvgIpc) is 3.13. The topological polar surface area (TPSA) is 0 Å². The van der Waals surface area contributed by atoms with Gasteiger partial charge in [-0.25, -0.2) is 0 Å². The minimum absolute atomic E-state index is 0. The van der Waals surface area contributed by atoms with Gasteiger partial charge in [0.1, 0.15) is 0 Å². The van der Waals surface area contributed by atoms with Crippen LogP contribution in [0.3, 0.4) is 0 Å². The summed E-state index contributed by atoms with van der Waals surface area (Å²) >= 11 is 7.44. The number of allylic oxidation sites excluding steroid dienone is 4. The second kappa shape index (κ2) is 9.23. The van der Waals surface area contributed by atoms with E-state index in [1.54, 1.807) is 0 Å². The minimum Gasteiger partial charge on any atom is -1.00 e. The van der Waals surface area contributed by atoms with Crippen molar-refractivity contribution >= 4 is 31.9 Å². The molecule has 0 atom stereocenters. The summed E-state index contributed by atoms with van der Waals surface area (Å²) in [5.41, 5.74) is 8.64. The van der Waals surface area contributed by atoms with Crippen LogP contribution in [-0.4, -0.2) is 0 Å². The zero-order valence-electron chi connectivity index (χ0n) is 14.5. The van der Waals surface area contributed by atoms with E-state index in [1.807, 2.05) is 0 Å². The summed E-state index contributed by atoms with van der Waals surface area (Å²) < 4.78 is 2.38. The predicted octanol–water partition coefficient (Wildman–Crippen LogP) is 0.952. The van der Waals surface area contributed by atoms with E-state index in [4.69, 9.17) is 0 Å². The standard InChI is InChI=1S/C21H18Br2.2ClH.Zr/c1-21(2,14-5-3-4-6-14)20-18-12-13-11-15(22)7-8-16(13)17(18)9-10-19(20)23;;;/h3-5,7-11H,6,12H2,1-2H3;2*1H;/q;;;+2/p-2. The van der Waals surface area contributed by atoms with Crippen LogP contribution >= 0.6 is 31.9 Å². The third-order valence-corrected chi connectivity index (χ3v) is 6.34. The Kier molecular flexibility index (Phi) is 8.65. The molecule has 0 fully saturated rings. The van der Waals surface area contributed by atoms with Crippen molar-refractivity contribution in [3.8, 4) is 11.1 Å². The molecular weight excluding hydrogens is 574 g/mol. The van der Waals surface area contributed by atoms with E-state index >= 15 is 0 Å². The van der Waals surface area contributed by atoms with Crippen LogP contribution in [0.5, 0.6) is 0 Å². The van der Waals surface area contributed by atoms with E-state index in [-0.39, 0.29) is 56.4 Å². The van der Waals surface area contributed by atoms with Crippen molar-refractivity contribution in [1.29, 1.82) is 0 Å². The van der Waals surface area contributed by atoms with Gasteiger partial charge < -0.3 is 24.8 Å². The monoisotopic (exact) mass is 588 g/mol. The second-order valence-electron chi connectivity index (χ2n) is 6.88. The molecular formula is C21H18Br2Cl2Zr. The first kappa shape index (κ1) is 24.4. The second-order valence-corrected chi connectivity index (χ2v) is 8.65. The van der Waals surface area contributed by atoms with Crippen molar-refractivity contribution in [2.45, 2.75) is 32.1 Å². The Bertz CT molecular complexity index is 886. The Morgan fingerprint density at radius 2 is 1.65 bits per heavy atom. The van der Waals surface area contributed by atoms with Gasteiger partial charge in [-0.2, -0.15) is 0 Å². The SMILES string of the molecule is CC(C)(C1=CC=CC1)c1c(Br)ccc2c1Cc1cc(Br)ccc1-2.[Cl-].[Cl-].[Zr+2]. The molecule has 2 aliphatic carbocycles. The molecule has 0 unspecified atom stereocenters. The van der Waals surface area contributed by atoms with E-state index < -0.39 is 0 Å². The number of hydrogen-bond donors (Lipinski definition) is 0. The Morgan fingerprint density at radius 1 is 0.962 bits per heavy atom. The number of benzene rings is 2. The maximum Gasteiger partial charge on any atom is 2.00 e. The van der Waals surface area contributed by atoms with Crippen molar-refractivity contribution in [1.82, 2.24) is 0 Å². The molecule has 2 aliphatic rings. The van der Waals surface area contributed by atoms with Crippen LogP contribution in [0.15, 0.2) is 63.1 Å². The van der Waals surface area contributed by atoms with E-state index in [2.05, 4.69) is 94.3 Å². The maximum atomic E-state index is 3.84. The molecule has 2 aromatic carbocycles. The van der Waals surface area contributed by atoms with Crippen LogP contribution in [0.2, 0.25) is 0 Å². The van der Waals surface area contributed by atoms with Gasteiger partial charge in [0.2, 0.25) is 0 Å². The van der Waals surface area contributed by atoms with E-state index in [1.165, 1.54) is 37.9 Å². The quantitative estimate of drug-likeness (QED) is 0.416. The first-order valence-electron chi connectivity index (χ1n) is 7.95. The molecule has 2 aromatic rings. The van der Waals surface area contributed by atoms with Gasteiger partial charge in [0.25, 0.3) is 0 Å². The molecule has 0 heterocycles. The van der Waals surface area contributed by atoms with Crippen LogP contribution in [0.1, 0.15) is 37.0 Å². The number of halogens is 4. The first-order valence-corrected chi connectivity index (χ1v) is 9.54. The Labute approximate surface area is 204 Å². The predicted molar refractivity (Wildman–Crippen MR) is 105 cm³/mol. The van der Waals surface area contributed by atoms with Crippen molar-refractivity contribution in [3.63, 3.8) is 0 Å². The Morgan fingerprint density at radius 3 is 2.31 bits per heavy atom. The van der Waals surface area contributed by atoms with Gasteiger partial charge in [0.05, 0.1) is 0 Å². The van der Waals surface area contributed by atoms with Crippen molar-refractivity contribution in [2.75, 3.05) is 0 Å². The van der Waals surface area contributed by atoms with Gasteiger partial charge in [0.15, 0.2) is 0 Å². The van der Waals surface area contributed by atoms with Crippen molar-refractivity contribution in [2.24, 2.45) is 0 Å². The average molecular weight is 592 g/mol. The van der Waals surface area contributed by atoms with Crippen LogP contribution in [0, 0.1) is 0 Å². The molecule has 0 radical (unpaired) electrons. The summed E-state index contributed by atoms with van der Waals surface area (Å²) in [7, 11) is 0. The summed E-state index contributed by atoms with van der Waals surface area (Å²) in [4.78, 5) is 0. The smallest absolute Gasteiger partial charge is 1.00 e. The number of rotatable bonds is 2. The van der Waals surface area contributed by atoms with Crippen LogP contribution < -0.4 is 24.8 Å². The third kappa shape index (κ3) is 4.03.